The number of allylic oxidation sites excluding steroid dienone is 2. The summed E-state index contributed by atoms with van der Waals surface area (Å²) in [5.74, 6) is 1.85. The molecule has 0 saturated carbocycles. The van der Waals surface area contributed by atoms with Gasteiger partial charge in [-0.15, -0.1) is 0 Å². The van der Waals surface area contributed by atoms with Gasteiger partial charge in [0.05, 0.1) is 5.41 Å². The Morgan fingerprint density at radius 1 is 0.471 bits per heavy atom. The van der Waals surface area contributed by atoms with Crippen LogP contribution < -0.4 is 15.3 Å². The van der Waals surface area contributed by atoms with Crippen molar-refractivity contribution in [2.45, 2.75) is 30.3 Å². The molecule has 1 atom stereocenters. The van der Waals surface area contributed by atoms with Crippen LogP contribution in [0.15, 0.2) is 182 Å². The van der Waals surface area contributed by atoms with Crippen LogP contribution >= 0.6 is 7.92 Å². The van der Waals surface area contributed by atoms with Gasteiger partial charge in [-0.2, -0.15) is 0 Å². The summed E-state index contributed by atoms with van der Waals surface area (Å²) in [4.78, 5) is 0. The van der Waals surface area contributed by atoms with Crippen LogP contribution in [0.5, 0.6) is 11.5 Å². The number of benzene rings is 7. The van der Waals surface area contributed by atoms with Crippen molar-refractivity contribution < 1.29 is 4.74 Å². The van der Waals surface area contributed by atoms with Gasteiger partial charge in [-0.3, -0.25) is 0 Å². The monoisotopic (exact) mass is 672 g/mol. The Morgan fingerprint density at radius 2 is 1.04 bits per heavy atom. The normalized spacial score (nSPS) is 16.4. The molecule has 0 bridgehead atoms. The van der Waals surface area contributed by atoms with Crippen molar-refractivity contribution in [1.82, 2.24) is 0 Å². The molecule has 0 saturated heterocycles. The molecule has 1 aliphatic heterocycles. The summed E-state index contributed by atoms with van der Waals surface area (Å²) in [6, 6.07) is 64.9. The van der Waals surface area contributed by atoms with E-state index in [0.717, 1.165) is 24.3 Å². The van der Waals surface area contributed by atoms with Crippen molar-refractivity contribution in [3.05, 3.63) is 210 Å². The molecule has 0 radical (unpaired) electrons. The van der Waals surface area contributed by atoms with Crippen LogP contribution in [0.1, 0.15) is 47.1 Å². The summed E-state index contributed by atoms with van der Waals surface area (Å²) in [6.07, 6.45) is 5.91. The van der Waals surface area contributed by atoms with E-state index in [1.165, 1.54) is 72.7 Å². The number of fused-ring (bicyclic) bond motifs is 9. The molecule has 51 heavy (non-hydrogen) atoms. The third-order valence-electron chi connectivity index (χ3n) is 11.2. The maximum Gasteiger partial charge on any atom is 0.132 e. The summed E-state index contributed by atoms with van der Waals surface area (Å²) in [6.45, 7) is 0. The van der Waals surface area contributed by atoms with Gasteiger partial charge in [0.15, 0.2) is 0 Å². The quantitative estimate of drug-likeness (QED) is 0.165. The third kappa shape index (κ3) is 4.87. The van der Waals surface area contributed by atoms with Crippen LogP contribution in [0.4, 0.5) is 0 Å². The Labute approximate surface area is 301 Å². The van der Waals surface area contributed by atoms with Gasteiger partial charge in [0.1, 0.15) is 11.5 Å². The predicted molar refractivity (Wildman–Crippen MR) is 214 cm³/mol. The fraction of sp³-hybridized carbons (Fsp3) is 0.102. The number of para-hydroxylation sites is 1. The Kier molecular flexibility index (Phi) is 7.36. The average molecular weight is 673 g/mol. The predicted octanol–water partition coefficient (Wildman–Crippen LogP) is 11.9. The van der Waals surface area contributed by atoms with Gasteiger partial charge in [-0.25, -0.2) is 0 Å². The van der Waals surface area contributed by atoms with Crippen LogP contribution in [-0.2, 0) is 5.41 Å². The minimum Gasteiger partial charge on any atom is -0.457 e. The minimum atomic E-state index is -0.466. The van der Waals surface area contributed by atoms with E-state index in [1.807, 2.05) is 0 Å². The second kappa shape index (κ2) is 12.4. The second-order valence-electron chi connectivity index (χ2n) is 13.9. The average Bonchev–Trinajstić information content (AvgIpc) is 3.49. The third-order valence-corrected chi connectivity index (χ3v) is 14.1. The van der Waals surface area contributed by atoms with E-state index in [2.05, 4.69) is 182 Å². The molecule has 1 unspecified atom stereocenters. The first kappa shape index (κ1) is 30.3. The van der Waals surface area contributed by atoms with Crippen molar-refractivity contribution in [3.63, 3.8) is 0 Å². The van der Waals surface area contributed by atoms with Crippen LogP contribution in [0, 0.1) is 0 Å². The van der Waals surface area contributed by atoms with E-state index in [4.69, 9.17) is 4.74 Å². The zero-order chi connectivity index (χ0) is 33.8. The smallest absolute Gasteiger partial charge is 0.132 e. The van der Waals surface area contributed by atoms with Gasteiger partial charge < -0.3 is 4.74 Å². The Bertz CT molecular complexity index is 2360. The van der Waals surface area contributed by atoms with E-state index in [-0.39, 0.29) is 0 Å². The zero-order valence-electron chi connectivity index (χ0n) is 28.4. The van der Waals surface area contributed by atoms with Gasteiger partial charge in [-0.1, -0.05) is 164 Å². The highest BCUT2D eigenvalue weighted by Crippen LogP contribution is 2.62. The number of ether oxygens (including phenoxy) is 1. The first-order valence-corrected chi connectivity index (χ1v) is 19.5. The minimum absolute atomic E-state index is 0.435. The van der Waals surface area contributed by atoms with Crippen LogP contribution in [0.2, 0.25) is 0 Å². The standard InChI is InChI=1S/C49H37OP/c1-3-18-38(19-4-1)51(39-20-5-2-6-21-39)40-22-14-17-36(32-40)34-15-13-16-35(31-34)37-29-30-46-48(33-37)50-47-28-12-11-27-45(47)49(46)43-25-9-7-23-41(43)42-24-8-10-26-44(42)49/h1-13,15-21,23-31,33,40H,14,22,32H2. The summed E-state index contributed by atoms with van der Waals surface area (Å²) >= 11 is 0. The van der Waals surface area contributed by atoms with Crippen molar-refractivity contribution in [3.8, 4) is 33.8 Å². The van der Waals surface area contributed by atoms with E-state index >= 15 is 0 Å². The van der Waals surface area contributed by atoms with Crippen molar-refractivity contribution in [2.24, 2.45) is 0 Å². The first-order valence-electron chi connectivity index (χ1n) is 18.1. The molecule has 1 heterocycles. The molecule has 1 spiro atoms. The highest BCUT2D eigenvalue weighted by atomic mass is 31.1. The number of hydrogen-bond donors (Lipinski definition) is 0. The fourth-order valence-corrected chi connectivity index (χ4v) is 11.9. The molecule has 2 aliphatic carbocycles. The number of rotatable bonds is 5. The lowest BCUT2D eigenvalue weighted by atomic mass is 9.66. The van der Waals surface area contributed by atoms with Crippen molar-refractivity contribution >= 4 is 24.1 Å². The fourth-order valence-electron chi connectivity index (χ4n) is 9.03. The molecule has 1 nitrogen and oxygen atoms in total. The summed E-state index contributed by atoms with van der Waals surface area (Å²) in [5.41, 5.74) is 13.0. The molecule has 0 aromatic heterocycles. The Morgan fingerprint density at radius 3 is 1.75 bits per heavy atom. The van der Waals surface area contributed by atoms with Crippen LogP contribution in [0.25, 0.3) is 27.8 Å². The molecule has 3 aliphatic rings. The second-order valence-corrected chi connectivity index (χ2v) is 16.4. The molecule has 7 aromatic rings. The van der Waals surface area contributed by atoms with Gasteiger partial charge in [0, 0.05) is 11.1 Å². The highest BCUT2D eigenvalue weighted by Gasteiger charge is 2.50. The maximum atomic E-state index is 6.82. The van der Waals surface area contributed by atoms with Gasteiger partial charge in [0.25, 0.3) is 0 Å². The molecule has 244 valence electrons. The van der Waals surface area contributed by atoms with Crippen molar-refractivity contribution in [1.29, 1.82) is 0 Å². The lowest BCUT2D eigenvalue weighted by molar-refractivity contribution is 0.436. The molecule has 2 heteroatoms. The summed E-state index contributed by atoms with van der Waals surface area (Å²) in [7, 11) is -0.466. The van der Waals surface area contributed by atoms with E-state index in [0.29, 0.717) is 5.66 Å². The first-order chi connectivity index (χ1) is 25.3. The highest BCUT2D eigenvalue weighted by molar-refractivity contribution is 7.73. The van der Waals surface area contributed by atoms with Crippen LogP contribution in [0.3, 0.4) is 0 Å². The molecule has 10 rings (SSSR count). The van der Waals surface area contributed by atoms with Gasteiger partial charge in [-0.05, 0) is 106 Å². The molecular weight excluding hydrogens is 636 g/mol. The van der Waals surface area contributed by atoms with E-state index < -0.39 is 13.3 Å². The van der Waals surface area contributed by atoms with Crippen molar-refractivity contribution in [2.75, 3.05) is 0 Å². The number of hydrogen-bond acceptors (Lipinski definition) is 1. The van der Waals surface area contributed by atoms with Crippen LogP contribution in [-0.4, -0.2) is 5.66 Å². The topological polar surface area (TPSA) is 9.23 Å². The largest absolute Gasteiger partial charge is 0.457 e. The molecular formula is C49H37OP. The molecule has 0 N–H and O–H groups in total. The molecule has 0 fully saturated rings. The van der Waals surface area contributed by atoms with Gasteiger partial charge in [0.2, 0.25) is 0 Å². The Hall–Kier alpha value is -5.49. The Balaban J connectivity index is 1.03. The van der Waals surface area contributed by atoms with E-state index in [1.54, 1.807) is 0 Å². The van der Waals surface area contributed by atoms with Gasteiger partial charge >= 0.3 is 0 Å². The maximum absolute atomic E-state index is 6.82. The SMILES string of the molecule is C1=C(c2cccc(-c3ccc4c(c3)Oc3ccccc3C43c4ccccc4-c4ccccc43)c2)CC(P(c2ccccc2)c2ccccc2)CC1. The zero-order valence-corrected chi connectivity index (χ0v) is 29.3. The lowest BCUT2D eigenvalue weighted by Gasteiger charge is -2.39. The van der Waals surface area contributed by atoms with E-state index in [9.17, 15) is 0 Å². The molecule has 7 aromatic carbocycles. The summed E-state index contributed by atoms with van der Waals surface area (Å²) < 4.78 is 6.82. The summed E-state index contributed by atoms with van der Waals surface area (Å²) in [5, 5.41) is 2.94. The lowest BCUT2D eigenvalue weighted by Crippen LogP contribution is -2.32. The molecule has 0 amide bonds.